The molecule has 1 atom stereocenters. The van der Waals surface area contributed by atoms with E-state index >= 15 is 0 Å². The van der Waals surface area contributed by atoms with Crippen molar-refractivity contribution in [3.8, 4) is 0 Å². The lowest BCUT2D eigenvalue weighted by Crippen LogP contribution is -2.41. The summed E-state index contributed by atoms with van der Waals surface area (Å²) in [7, 11) is -3.73. The third kappa shape index (κ3) is 3.48. The van der Waals surface area contributed by atoms with Crippen LogP contribution in [0.3, 0.4) is 0 Å². The fraction of sp³-hybridized carbons (Fsp3) is 0.333. The zero-order valence-corrected chi connectivity index (χ0v) is 13.7. The van der Waals surface area contributed by atoms with Crippen LogP contribution in [-0.4, -0.2) is 52.9 Å². The fourth-order valence-corrected chi connectivity index (χ4v) is 4.07. The first-order valence-corrected chi connectivity index (χ1v) is 9.00. The summed E-state index contributed by atoms with van der Waals surface area (Å²) in [5.74, 6) is -0.102. The summed E-state index contributed by atoms with van der Waals surface area (Å²) in [6.45, 7) is 0.434. The van der Waals surface area contributed by atoms with Gasteiger partial charge in [0, 0.05) is 25.5 Å². The number of sulfonamides is 1. The summed E-state index contributed by atoms with van der Waals surface area (Å²) in [4.78, 5) is 18.8. The standard InChI is InChI=1S/C15H18N4O4S/c20-11-4-3-7-19(10-11)24(22,23)12-8-13(17-9-12)15(21)18-14-5-1-2-6-16-14/h1-2,5-6,8-9,11,17,20H,3-4,7,10H2,(H,16,18,21). The number of amides is 1. The number of aromatic amines is 1. The number of nitrogens with one attached hydrogen (secondary N) is 2. The van der Waals surface area contributed by atoms with Gasteiger partial charge in [-0.05, 0) is 31.0 Å². The van der Waals surface area contributed by atoms with Gasteiger partial charge in [-0.1, -0.05) is 6.07 Å². The van der Waals surface area contributed by atoms with E-state index in [2.05, 4.69) is 15.3 Å². The average molecular weight is 350 g/mol. The van der Waals surface area contributed by atoms with E-state index in [0.29, 0.717) is 25.2 Å². The minimum atomic E-state index is -3.73. The number of piperidine rings is 1. The van der Waals surface area contributed by atoms with Gasteiger partial charge in [-0.25, -0.2) is 13.4 Å². The second kappa shape index (κ2) is 6.71. The van der Waals surface area contributed by atoms with Crippen LogP contribution in [0.5, 0.6) is 0 Å². The van der Waals surface area contributed by atoms with Crippen LogP contribution in [0.15, 0.2) is 41.6 Å². The molecule has 1 fully saturated rings. The molecule has 2 aromatic rings. The van der Waals surface area contributed by atoms with Crippen LogP contribution in [0.1, 0.15) is 23.3 Å². The molecule has 0 saturated carbocycles. The minimum Gasteiger partial charge on any atom is -0.392 e. The molecule has 2 aromatic heterocycles. The molecular weight excluding hydrogens is 332 g/mol. The Bertz CT molecular complexity index is 819. The van der Waals surface area contributed by atoms with Gasteiger partial charge in [-0.15, -0.1) is 0 Å². The van der Waals surface area contributed by atoms with Crippen LogP contribution >= 0.6 is 0 Å². The predicted octanol–water partition coefficient (Wildman–Crippen LogP) is 0.807. The SMILES string of the molecule is O=C(Nc1ccccn1)c1cc(S(=O)(=O)N2CCCC(O)C2)c[nH]1. The number of aliphatic hydroxyl groups is 1. The second-order valence-corrected chi connectivity index (χ2v) is 7.52. The van der Waals surface area contributed by atoms with Crippen LogP contribution < -0.4 is 5.32 Å². The maximum Gasteiger partial charge on any atom is 0.273 e. The number of β-amino-alcohol motifs (C(OH)–C–C–N with tert-alkyl or cyclic N) is 1. The summed E-state index contributed by atoms with van der Waals surface area (Å²) < 4.78 is 26.4. The number of carbonyl (C=O) groups excluding carboxylic acids is 1. The Morgan fingerprint density at radius 2 is 2.25 bits per heavy atom. The summed E-state index contributed by atoms with van der Waals surface area (Å²) >= 11 is 0. The normalized spacial score (nSPS) is 19.1. The van der Waals surface area contributed by atoms with Crippen LogP contribution in [-0.2, 0) is 10.0 Å². The smallest absolute Gasteiger partial charge is 0.273 e. The lowest BCUT2D eigenvalue weighted by molar-refractivity contribution is 0.102. The Morgan fingerprint density at radius 3 is 2.96 bits per heavy atom. The number of aliphatic hydroxyl groups excluding tert-OH is 1. The first-order chi connectivity index (χ1) is 11.5. The van der Waals surface area contributed by atoms with E-state index in [1.54, 1.807) is 24.4 Å². The van der Waals surface area contributed by atoms with Gasteiger partial charge in [0.25, 0.3) is 5.91 Å². The van der Waals surface area contributed by atoms with Crippen molar-refractivity contribution in [2.75, 3.05) is 18.4 Å². The van der Waals surface area contributed by atoms with E-state index in [9.17, 15) is 18.3 Å². The highest BCUT2D eigenvalue weighted by atomic mass is 32.2. The van der Waals surface area contributed by atoms with Gasteiger partial charge in [0.05, 0.1) is 6.10 Å². The Kier molecular flexibility index (Phi) is 4.65. The van der Waals surface area contributed by atoms with Crippen LogP contribution in [0.25, 0.3) is 0 Å². The zero-order chi connectivity index (χ0) is 17.2. The number of H-pyrrole nitrogens is 1. The Hall–Kier alpha value is -2.23. The molecule has 3 heterocycles. The molecule has 0 bridgehead atoms. The second-order valence-electron chi connectivity index (χ2n) is 5.58. The molecule has 3 N–H and O–H groups in total. The average Bonchev–Trinajstić information content (AvgIpc) is 3.07. The maximum absolute atomic E-state index is 12.6. The first kappa shape index (κ1) is 16.6. The van der Waals surface area contributed by atoms with Crippen molar-refractivity contribution in [2.24, 2.45) is 0 Å². The molecule has 1 aliphatic heterocycles. The summed E-state index contributed by atoms with van der Waals surface area (Å²) in [5.41, 5.74) is 0.122. The van der Waals surface area contributed by atoms with Crippen molar-refractivity contribution < 1.29 is 18.3 Å². The molecule has 9 heteroatoms. The number of hydrogen-bond donors (Lipinski definition) is 3. The molecule has 1 amide bonds. The Morgan fingerprint density at radius 1 is 1.42 bits per heavy atom. The predicted molar refractivity (Wildman–Crippen MR) is 87.0 cm³/mol. The van der Waals surface area contributed by atoms with Gasteiger partial charge in [0.2, 0.25) is 10.0 Å². The summed E-state index contributed by atoms with van der Waals surface area (Å²) in [6.07, 6.45) is 3.37. The summed E-state index contributed by atoms with van der Waals surface area (Å²) in [6, 6.07) is 6.37. The van der Waals surface area contributed by atoms with Gasteiger partial charge in [0.15, 0.2) is 0 Å². The van der Waals surface area contributed by atoms with Crippen molar-refractivity contribution in [3.05, 3.63) is 42.4 Å². The molecule has 128 valence electrons. The third-order valence-corrected chi connectivity index (χ3v) is 5.65. The van der Waals surface area contributed by atoms with E-state index in [4.69, 9.17) is 0 Å². The molecule has 0 aromatic carbocycles. The topological polar surface area (TPSA) is 115 Å². The highest BCUT2D eigenvalue weighted by Gasteiger charge is 2.30. The van der Waals surface area contributed by atoms with Crippen molar-refractivity contribution in [1.82, 2.24) is 14.3 Å². The first-order valence-electron chi connectivity index (χ1n) is 7.56. The van der Waals surface area contributed by atoms with Crippen LogP contribution in [0.4, 0.5) is 5.82 Å². The molecule has 0 spiro atoms. The molecule has 0 aliphatic carbocycles. The molecule has 1 aliphatic rings. The van der Waals surface area contributed by atoms with Crippen molar-refractivity contribution in [3.63, 3.8) is 0 Å². The molecular formula is C15H18N4O4S. The van der Waals surface area contributed by atoms with E-state index in [1.807, 2.05) is 0 Å². The largest absolute Gasteiger partial charge is 0.392 e. The van der Waals surface area contributed by atoms with Crippen LogP contribution in [0, 0.1) is 0 Å². The lowest BCUT2D eigenvalue weighted by Gasteiger charge is -2.28. The Labute approximate surface area is 139 Å². The third-order valence-electron chi connectivity index (χ3n) is 3.80. The number of carbonyl (C=O) groups is 1. The number of aromatic nitrogens is 2. The van der Waals surface area contributed by atoms with Crippen molar-refractivity contribution in [2.45, 2.75) is 23.8 Å². The van der Waals surface area contributed by atoms with Crippen LogP contribution in [0.2, 0.25) is 0 Å². The molecule has 1 saturated heterocycles. The highest BCUT2D eigenvalue weighted by Crippen LogP contribution is 2.21. The van der Waals surface area contributed by atoms with E-state index in [-0.39, 0.29) is 17.1 Å². The number of rotatable bonds is 4. The highest BCUT2D eigenvalue weighted by molar-refractivity contribution is 7.89. The quantitative estimate of drug-likeness (QED) is 0.755. The molecule has 24 heavy (non-hydrogen) atoms. The number of hydrogen-bond acceptors (Lipinski definition) is 5. The number of pyridine rings is 1. The van der Waals surface area contributed by atoms with Gasteiger partial charge in [-0.3, -0.25) is 4.79 Å². The summed E-state index contributed by atoms with van der Waals surface area (Å²) in [5, 5.41) is 12.2. The van der Waals surface area contributed by atoms with E-state index < -0.39 is 22.0 Å². The van der Waals surface area contributed by atoms with E-state index in [0.717, 1.165) is 0 Å². The van der Waals surface area contributed by atoms with Gasteiger partial charge in [0.1, 0.15) is 16.4 Å². The lowest BCUT2D eigenvalue weighted by atomic mass is 10.1. The molecule has 1 unspecified atom stereocenters. The number of anilines is 1. The fourth-order valence-electron chi connectivity index (χ4n) is 2.56. The Balaban J connectivity index is 1.76. The number of nitrogens with zero attached hydrogens (tertiary/aromatic N) is 2. The van der Waals surface area contributed by atoms with Gasteiger partial charge in [-0.2, -0.15) is 4.31 Å². The molecule has 3 rings (SSSR count). The van der Waals surface area contributed by atoms with Gasteiger partial charge < -0.3 is 15.4 Å². The zero-order valence-electron chi connectivity index (χ0n) is 12.8. The minimum absolute atomic E-state index is 0.00257. The monoisotopic (exact) mass is 350 g/mol. The molecule has 0 radical (unpaired) electrons. The van der Waals surface area contributed by atoms with E-state index in [1.165, 1.54) is 16.6 Å². The van der Waals surface area contributed by atoms with Crippen molar-refractivity contribution in [1.29, 1.82) is 0 Å². The molecule has 8 nitrogen and oxygen atoms in total. The maximum atomic E-state index is 12.6. The van der Waals surface area contributed by atoms with Gasteiger partial charge >= 0.3 is 0 Å². The van der Waals surface area contributed by atoms with Crippen molar-refractivity contribution >= 4 is 21.7 Å².